The maximum Gasteiger partial charge on any atom is 0.307 e. The number of carbonyl (C=O) groups is 4. The van der Waals surface area contributed by atoms with Gasteiger partial charge in [-0.25, -0.2) is 0 Å². The number of aliphatic carboxylic acids is 2. The largest absolute Gasteiger partial charge is 0.497 e. The molecule has 0 unspecified atom stereocenters. The summed E-state index contributed by atoms with van der Waals surface area (Å²) in [5.74, 6) is 0.710. The van der Waals surface area contributed by atoms with E-state index in [1.54, 1.807) is 70.6 Å². The van der Waals surface area contributed by atoms with Gasteiger partial charge in [-0.15, -0.1) is 0 Å². The van der Waals surface area contributed by atoms with Crippen LogP contribution in [-0.2, 0) is 20.8 Å². The molecule has 0 atom stereocenters. The van der Waals surface area contributed by atoms with Crippen molar-refractivity contribution in [3.63, 3.8) is 0 Å². The van der Waals surface area contributed by atoms with Gasteiger partial charge < -0.3 is 45.3 Å². The second-order valence-electron chi connectivity index (χ2n) is 19.6. The van der Waals surface area contributed by atoms with Gasteiger partial charge in [-0.3, -0.25) is 34.1 Å². The second-order valence-corrected chi connectivity index (χ2v) is 19.6. The Bertz CT molecular complexity index is 3280. The van der Waals surface area contributed by atoms with E-state index in [-0.39, 0.29) is 18.7 Å². The van der Waals surface area contributed by atoms with Crippen molar-refractivity contribution in [1.82, 2.24) is 30.1 Å². The van der Waals surface area contributed by atoms with Crippen molar-refractivity contribution in [1.29, 1.82) is 0 Å². The highest BCUT2D eigenvalue weighted by molar-refractivity contribution is 6.09. The molecule has 3 heterocycles. The number of fused-ring (bicyclic) bond motifs is 3. The van der Waals surface area contributed by atoms with Crippen LogP contribution in [0.3, 0.4) is 0 Å². The number of aldehydes is 1. The molecule has 5 N–H and O–H groups in total. The molecule has 16 nitrogen and oxygen atoms in total. The van der Waals surface area contributed by atoms with Gasteiger partial charge in [0.05, 0.1) is 40.6 Å². The number of hydrogen-bond donors (Lipinski definition) is 4. The maximum absolute atomic E-state index is 12.5. The lowest BCUT2D eigenvalue weighted by Gasteiger charge is -2.12. The zero-order valence-corrected chi connectivity index (χ0v) is 48.1. The number of nitrogens with one attached hydrogen (secondary N) is 1. The monoisotopic (exact) mass is 1100 g/mol. The Morgan fingerprint density at radius 1 is 0.556 bits per heavy atom. The Kier molecular flexibility index (Phi) is 24.6. The average molecular weight is 1100 g/mol. The normalized spacial score (nSPS) is 13.6. The summed E-state index contributed by atoms with van der Waals surface area (Å²) in [5.41, 5.74) is 22.6. The number of benzene rings is 3. The summed E-state index contributed by atoms with van der Waals surface area (Å²) in [4.78, 5) is 60.5. The minimum absolute atomic E-state index is 0.000311. The van der Waals surface area contributed by atoms with Gasteiger partial charge in [0, 0.05) is 68.9 Å². The first kappa shape index (κ1) is 63.0. The van der Waals surface area contributed by atoms with Crippen molar-refractivity contribution in [3.8, 4) is 17.2 Å². The Labute approximate surface area is 476 Å². The number of carboxylic acid groups (broad SMARTS) is 2. The van der Waals surface area contributed by atoms with Crippen LogP contribution in [0.1, 0.15) is 94.9 Å². The number of aromatic nitrogens is 3. The third-order valence-corrected chi connectivity index (χ3v) is 13.3. The van der Waals surface area contributed by atoms with E-state index >= 15 is 0 Å². The maximum atomic E-state index is 12.5. The van der Waals surface area contributed by atoms with E-state index in [1.807, 2.05) is 115 Å². The fraction of sp³-hybridized carbons (Fsp3) is 0.277. The molecule has 3 aromatic carbocycles. The van der Waals surface area contributed by atoms with E-state index in [0.717, 1.165) is 133 Å². The summed E-state index contributed by atoms with van der Waals surface area (Å²) in [6, 6.07) is 28.8. The average Bonchev–Trinajstić information content (AvgIpc) is 3.86. The van der Waals surface area contributed by atoms with Crippen LogP contribution in [0.4, 0.5) is 0 Å². The Morgan fingerprint density at radius 2 is 0.963 bits per heavy atom. The Morgan fingerprint density at radius 3 is 1.35 bits per heavy atom. The fourth-order valence-corrected chi connectivity index (χ4v) is 9.11. The first-order valence-corrected chi connectivity index (χ1v) is 26.3. The molecular weight excluding hydrogens is 1020 g/mol. The van der Waals surface area contributed by atoms with Crippen LogP contribution in [0.5, 0.6) is 17.2 Å². The number of ether oxygens (including phenoxy) is 3. The quantitative estimate of drug-likeness (QED) is 0.0624. The molecule has 3 aliphatic rings. The smallest absolute Gasteiger partial charge is 0.307 e. The molecule has 0 radical (unpaired) electrons. The summed E-state index contributed by atoms with van der Waals surface area (Å²) in [7, 11) is 12.9. The zero-order chi connectivity index (χ0) is 59.0. The van der Waals surface area contributed by atoms with Gasteiger partial charge >= 0.3 is 11.9 Å². The summed E-state index contributed by atoms with van der Waals surface area (Å²) >= 11 is 0. The first-order valence-electron chi connectivity index (χ1n) is 26.3. The van der Waals surface area contributed by atoms with Gasteiger partial charge in [0.15, 0.2) is 0 Å². The van der Waals surface area contributed by atoms with Crippen molar-refractivity contribution in [2.75, 3.05) is 75.7 Å². The molecule has 3 aromatic heterocycles. The highest BCUT2D eigenvalue weighted by atomic mass is 16.5. The number of amides is 1. The van der Waals surface area contributed by atoms with Gasteiger partial charge in [-0.2, -0.15) is 0 Å². The molecule has 81 heavy (non-hydrogen) atoms. The third-order valence-electron chi connectivity index (χ3n) is 13.3. The van der Waals surface area contributed by atoms with Crippen LogP contribution in [-0.4, -0.2) is 135 Å². The molecule has 6 aromatic rings. The van der Waals surface area contributed by atoms with Gasteiger partial charge in [0.2, 0.25) is 5.91 Å². The van der Waals surface area contributed by atoms with E-state index in [9.17, 15) is 24.3 Å². The van der Waals surface area contributed by atoms with E-state index < -0.39 is 11.9 Å². The van der Waals surface area contributed by atoms with Crippen LogP contribution >= 0.6 is 0 Å². The molecule has 424 valence electrons. The molecule has 0 fully saturated rings. The van der Waals surface area contributed by atoms with Crippen molar-refractivity contribution in [2.45, 2.75) is 46.5 Å². The molecule has 9 rings (SSSR count). The van der Waals surface area contributed by atoms with Gasteiger partial charge in [-0.05, 0) is 224 Å². The number of nitrogens with two attached hydrogens (primary N) is 1. The number of allylic oxidation sites excluding steroid dienone is 5. The first-order chi connectivity index (χ1) is 38.9. The second kappa shape index (κ2) is 31.7. The van der Waals surface area contributed by atoms with Crippen LogP contribution < -0.4 is 25.3 Å². The molecule has 3 aliphatic carbocycles. The topological polar surface area (TPSA) is 220 Å². The summed E-state index contributed by atoms with van der Waals surface area (Å²) < 4.78 is 15.9. The number of hydrogen-bond acceptors (Lipinski definition) is 13. The van der Waals surface area contributed by atoms with Crippen LogP contribution in [0.15, 0.2) is 145 Å². The number of likely N-dealkylation sites (N-methyl/N-ethyl adjacent to an activating group) is 2. The van der Waals surface area contributed by atoms with Crippen LogP contribution in [0.2, 0.25) is 0 Å². The van der Waals surface area contributed by atoms with Crippen LogP contribution in [0.25, 0.3) is 40.0 Å². The summed E-state index contributed by atoms with van der Waals surface area (Å²) in [6.07, 6.45) is 16.5. The number of nitrogens with zero attached hydrogens (tertiary/aromatic N) is 5. The lowest BCUT2D eigenvalue weighted by molar-refractivity contribution is -0.136. The summed E-state index contributed by atoms with van der Waals surface area (Å²) in [6.45, 7) is 9.25. The van der Waals surface area contributed by atoms with Gasteiger partial charge in [0.1, 0.15) is 23.5 Å². The number of carboxylic acids is 2. The molecule has 0 aliphatic heterocycles. The highest BCUT2D eigenvalue weighted by Crippen LogP contribution is 2.46. The SMILES string of the molecule is CN(C)CCN.COc1ccc2c(c1)C(CC(=O)NCCN(C)C)=C(C)/C2=C/c1ccncc1.COc1ccc2c(c1)C(CC(=O)O)=C(C)/C2=C/c1ccncc1.COc1ccc2c(c1)C(CC(=O)O)=C(C)C2.O=Cc1ccncc1. The predicted octanol–water partition coefficient (Wildman–Crippen LogP) is 10.3. The molecule has 0 saturated carbocycles. The van der Waals surface area contributed by atoms with Crippen molar-refractivity contribution < 1.29 is 43.6 Å². The van der Waals surface area contributed by atoms with Gasteiger partial charge in [-0.1, -0.05) is 23.8 Å². The lowest BCUT2D eigenvalue weighted by atomic mass is 10.0. The van der Waals surface area contributed by atoms with E-state index in [1.165, 1.54) is 5.56 Å². The molecule has 0 saturated heterocycles. The minimum Gasteiger partial charge on any atom is -0.497 e. The molecular formula is C65H75N7O9. The van der Waals surface area contributed by atoms with E-state index in [2.05, 4.69) is 55.2 Å². The highest BCUT2D eigenvalue weighted by Gasteiger charge is 2.27. The van der Waals surface area contributed by atoms with Crippen molar-refractivity contribution in [3.05, 3.63) is 195 Å². The number of pyridine rings is 3. The minimum atomic E-state index is -0.835. The Balaban J connectivity index is 0.000000203. The molecule has 0 bridgehead atoms. The Hall–Kier alpha value is -8.83. The number of rotatable bonds is 17. The molecule has 0 spiro atoms. The predicted molar refractivity (Wildman–Crippen MR) is 323 cm³/mol. The molecule has 16 heteroatoms. The number of methoxy groups -OCH3 is 3. The molecule has 1 amide bonds. The van der Waals surface area contributed by atoms with Crippen molar-refractivity contribution >= 4 is 64.1 Å². The van der Waals surface area contributed by atoms with Crippen molar-refractivity contribution in [2.24, 2.45) is 5.73 Å². The van der Waals surface area contributed by atoms with E-state index in [4.69, 9.17) is 25.1 Å². The number of carbonyl (C=O) groups excluding carboxylic acids is 2. The summed E-state index contributed by atoms with van der Waals surface area (Å²) in [5, 5.41) is 21.1. The third kappa shape index (κ3) is 18.6. The zero-order valence-electron chi connectivity index (χ0n) is 48.1. The van der Waals surface area contributed by atoms with Crippen LogP contribution in [0, 0.1) is 0 Å². The fourth-order valence-electron chi connectivity index (χ4n) is 9.11. The van der Waals surface area contributed by atoms with E-state index in [0.29, 0.717) is 18.5 Å². The van der Waals surface area contributed by atoms with Gasteiger partial charge in [0.25, 0.3) is 0 Å². The standard InChI is InChI=1S/C23H27N3O2.C19H17NO3.C13H14O3.C6H5NO.C4H12N2/c1-16-20(13-17-7-9-24-10-8-17)19-6-5-18(28-4)14-22(19)21(16)15-23(27)25-11-12-26(2)3;1-12-16(9-13-5-7-20-8-6-13)15-4-3-14(23-2)10-18(15)17(12)11-19(21)22;1-8-5-9-3-4-10(16-2)6-12(9)11(8)7-13(14)15;8-5-6-1-3-7-4-2-6;1-6(2)4-3-5/h5-10,13-14H,11-12,15H2,1-4H3,(H,25,27);3-10H,11H2,1-2H3,(H,21,22);3-4,6H,5,7H2,1-2H3,(H,14,15);1-5H;3-5H2,1-2H3/b20-13-;16-9-;;;. The lowest BCUT2D eigenvalue weighted by Crippen LogP contribution is -2.31.